The molecule has 0 fully saturated rings. The third kappa shape index (κ3) is 2.88. The number of ether oxygens (including phenoxy) is 3. The SMILES string of the molecule is COc1cc([C@@H](N)C(C)(C)CO)cc2c1OCO2.Cl. The largest absolute Gasteiger partial charge is 0.493 e. The standard InChI is InChI=1S/C13H19NO4.ClH/c1-13(2,6-15)12(14)8-4-9(16-3)11-10(5-8)17-7-18-11;/h4-5,12,15H,6-7,14H2,1-3H3;1H/t12-;/m1./s1. The number of fused-ring (bicyclic) bond motifs is 1. The molecule has 1 atom stereocenters. The molecule has 0 aromatic heterocycles. The van der Waals surface area contributed by atoms with Gasteiger partial charge in [-0.2, -0.15) is 0 Å². The number of halogens is 1. The van der Waals surface area contributed by atoms with Gasteiger partial charge >= 0.3 is 0 Å². The molecule has 0 spiro atoms. The van der Waals surface area contributed by atoms with Gasteiger partial charge in [-0.15, -0.1) is 12.4 Å². The van der Waals surface area contributed by atoms with Crippen molar-refractivity contribution < 1.29 is 19.3 Å². The number of rotatable bonds is 4. The first kappa shape index (κ1) is 15.9. The van der Waals surface area contributed by atoms with Gasteiger partial charge in [-0.25, -0.2) is 0 Å². The van der Waals surface area contributed by atoms with Crippen LogP contribution >= 0.6 is 12.4 Å². The zero-order valence-corrected chi connectivity index (χ0v) is 12.1. The molecule has 0 saturated heterocycles. The summed E-state index contributed by atoms with van der Waals surface area (Å²) in [5.74, 6) is 1.84. The summed E-state index contributed by atoms with van der Waals surface area (Å²) in [4.78, 5) is 0. The van der Waals surface area contributed by atoms with Crippen LogP contribution in [0.2, 0.25) is 0 Å². The smallest absolute Gasteiger partial charge is 0.231 e. The van der Waals surface area contributed by atoms with E-state index in [2.05, 4.69) is 0 Å². The molecule has 1 aromatic carbocycles. The average Bonchev–Trinajstić information content (AvgIpc) is 2.84. The molecule has 19 heavy (non-hydrogen) atoms. The molecule has 1 aliphatic rings. The zero-order chi connectivity index (χ0) is 13.3. The molecule has 0 radical (unpaired) electrons. The Bertz CT molecular complexity index is 451. The summed E-state index contributed by atoms with van der Waals surface area (Å²) in [6.07, 6.45) is 0. The number of aliphatic hydroxyl groups is 1. The van der Waals surface area contributed by atoms with Crippen LogP contribution in [0.15, 0.2) is 12.1 Å². The molecule has 0 unspecified atom stereocenters. The first-order valence-corrected chi connectivity index (χ1v) is 5.83. The van der Waals surface area contributed by atoms with Crippen LogP contribution in [0.5, 0.6) is 17.2 Å². The Morgan fingerprint density at radius 1 is 1.42 bits per heavy atom. The summed E-state index contributed by atoms with van der Waals surface area (Å²) in [7, 11) is 1.57. The monoisotopic (exact) mass is 289 g/mol. The van der Waals surface area contributed by atoms with Crippen LogP contribution in [0.1, 0.15) is 25.5 Å². The molecule has 6 heteroatoms. The lowest BCUT2D eigenvalue weighted by Gasteiger charge is -2.30. The van der Waals surface area contributed by atoms with Crippen molar-refractivity contribution in [2.75, 3.05) is 20.5 Å². The lowest BCUT2D eigenvalue weighted by molar-refractivity contribution is 0.132. The number of nitrogens with two attached hydrogens (primary N) is 1. The van der Waals surface area contributed by atoms with Crippen LogP contribution in [0.25, 0.3) is 0 Å². The zero-order valence-electron chi connectivity index (χ0n) is 11.3. The Labute approximate surface area is 119 Å². The van der Waals surface area contributed by atoms with Crippen molar-refractivity contribution in [2.45, 2.75) is 19.9 Å². The molecule has 0 amide bonds. The van der Waals surface area contributed by atoms with Crippen molar-refractivity contribution in [3.8, 4) is 17.2 Å². The van der Waals surface area contributed by atoms with Crippen molar-refractivity contribution in [3.05, 3.63) is 17.7 Å². The molecule has 108 valence electrons. The van der Waals surface area contributed by atoms with E-state index in [1.54, 1.807) is 7.11 Å². The Morgan fingerprint density at radius 3 is 2.68 bits per heavy atom. The van der Waals surface area contributed by atoms with Gasteiger partial charge in [0, 0.05) is 18.1 Å². The number of benzene rings is 1. The minimum atomic E-state index is -0.418. The Morgan fingerprint density at radius 2 is 2.11 bits per heavy atom. The van der Waals surface area contributed by atoms with Gasteiger partial charge in [-0.1, -0.05) is 13.8 Å². The molecule has 1 aromatic rings. The summed E-state index contributed by atoms with van der Waals surface area (Å²) >= 11 is 0. The molecular weight excluding hydrogens is 270 g/mol. The first-order valence-electron chi connectivity index (χ1n) is 5.83. The van der Waals surface area contributed by atoms with Crippen molar-refractivity contribution in [1.82, 2.24) is 0 Å². The van der Waals surface area contributed by atoms with Gasteiger partial charge in [0.05, 0.1) is 7.11 Å². The Hall–Kier alpha value is -1.17. The molecule has 3 N–H and O–H groups in total. The average molecular weight is 290 g/mol. The molecule has 0 bridgehead atoms. The van der Waals surface area contributed by atoms with E-state index in [4.69, 9.17) is 19.9 Å². The predicted molar refractivity (Wildman–Crippen MR) is 74.2 cm³/mol. The van der Waals surface area contributed by atoms with Crippen molar-refractivity contribution in [2.24, 2.45) is 11.1 Å². The molecule has 2 rings (SSSR count). The van der Waals surface area contributed by atoms with Crippen LogP contribution in [-0.4, -0.2) is 25.6 Å². The minimum absolute atomic E-state index is 0. The number of hydrogen-bond donors (Lipinski definition) is 2. The van der Waals surface area contributed by atoms with Gasteiger partial charge in [0.25, 0.3) is 0 Å². The second-order valence-corrected chi connectivity index (χ2v) is 5.08. The maximum Gasteiger partial charge on any atom is 0.231 e. The number of methoxy groups -OCH3 is 1. The van der Waals surface area contributed by atoms with E-state index in [0.29, 0.717) is 17.2 Å². The third-order valence-electron chi connectivity index (χ3n) is 3.29. The van der Waals surface area contributed by atoms with Crippen LogP contribution in [-0.2, 0) is 0 Å². The van der Waals surface area contributed by atoms with Gasteiger partial charge in [0.1, 0.15) is 0 Å². The fraction of sp³-hybridized carbons (Fsp3) is 0.538. The van der Waals surface area contributed by atoms with Gasteiger partial charge in [-0.3, -0.25) is 0 Å². The summed E-state index contributed by atoms with van der Waals surface area (Å²) in [5, 5.41) is 9.38. The van der Waals surface area contributed by atoms with E-state index < -0.39 is 5.41 Å². The third-order valence-corrected chi connectivity index (χ3v) is 3.29. The van der Waals surface area contributed by atoms with E-state index in [0.717, 1.165) is 5.56 Å². The maximum atomic E-state index is 9.38. The Kier molecular flexibility index (Phi) is 4.90. The van der Waals surface area contributed by atoms with E-state index >= 15 is 0 Å². The van der Waals surface area contributed by atoms with Gasteiger partial charge < -0.3 is 25.1 Å². The lowest BCUT2D eigenvalue weighted by Crippen LogP contribution is -2.32. The molecule has 0 saturated carbocycles. The first-order chi connectivity index (χ1) is 8.49. The molecule has 0 aliphatic carbocycles. The second kappa shape index (κ2) is 5.86. The normalized spacial score (nSPS) is 14.8. The lowest BCUT2D eigenvalue weighted by atomic mass is 9.81. The van der Waals surface area contributed by atoms with Crippen LogP contribution in [0, 0.1) is 5.41 Å². The molecule has 1 aliphatic heterocycles. The van der Waals surface area contributed by atoms with Gasteiger partial charge in [-0.05, 0) is 17.7 Å². The van der Waals surface area contributed by atoms with Gasteiger partial charge in [0.2, 0.25) is 12.5 Å². The highest BCUT2D eigenvalue weighted by Crippen LogP contribution is 2.44. The quantitative estimate of drug-likeness (QED) is 0.885. The predicted octanol–water partition coefficient (Wildman–Crippen LogP) is 1.86. The van der Waals surface area contributed by atoms with Gasteiger partial charge in [0.15, 0.2) is 11.5 Å². The van der Waals surface area contributed by atoms with Crippen molar-refractivity contribution >= 4 is 12.4 Å². The highest BCUT2D eigenvalue weighted by atomic mass is 35.5. The minimum Gasteiger partial charge on any atom is -0.493 e. The van der Waals surface area contributed by atoms with Crippen LogP contribution in [0.4, 0.5) is 0 Å². The Balaban J connectivity index is 0.00000180. The fourth-order valence-corrected chi connectivity index (χ4v) is 1.88. The summed E-state index contributed by atoms with van der Waals surface area (Å²) in [6.45, 7) is 4.02. The molecule has 1 heterocycles. The second-order valence-electron chi connectivity index (χ2n) is 5.08. The van der Waals surface area contributed by atoms with Crippen LogP contribution in [0.3, 0.4) is 0 Å². The topological polar surface area (TPSA) is 73.9 Å². The number of aliphatic hydroxyl groups excluding tert-OH is 1. The van der Waals surface area contributed by atoms with Crippen molar-refractivity contribution in [3.63, 3.8) is 0 Å². The number of hydrogen-bond acceptors (Lipinski definition) is 5. The van der Waals surface area contributed by atoms with E-state index in [1.165, 1.54) is 0 Å². The highest BCUT2D eigenvalue weighted by molar-refractivity contribution is 5.85. The summed E-state index contributed by atoms with van der Waals surface area (Å²) in [6, 6.07) is 3.36. The summed E-state index contributed by atoms with van der Waals surface area (Å²) < 4.78 is 16.0. The van der Waals surface area contributed by atoms with Crippen LogP contribution < -0.4 is 19.9 Å². The van der Waals surface area contributed by atoms with E-state index in [-0.39, 0.29) is 31.8 Å². The van der Waals surface area contributed by atoms with E-state index in [9.17, 15) is 5.11 Å². The fourth-order valence-electron chi connectivity index (χ4n) is 1.88. The van der Waals surface area contributed by atoms with E-state index in [1.807, 2.05) is 26.0 Å². The highest BCUT2D eigenvalue weighted by Gasteiger charge is 2.30. The molecule has 5 nitrogen and oxygen atoms in total. The maximum absolute atomic E-state index is 9.38. The van der Waals surface area contributed by atoms with Crippen molar-refractivity contribution in [1.29, 1.82) is 0 Å². The summed E-state index contributed by atoms with van der Waals surface area (Å²) in [5.41, 5.74) is 6.63. The molecular formula is C13H20ClNO4.